The fraction of sp³-hybridized carbons (Fsp3) is 0.400. The summed E-state index contributed by atoms with van der Waals surface area (Å²) in [5.41, 5.74) is -0.254. The molecule has 0 unspecified atom stereocenters. The van der Waals surface area contributed by atoms with Crippen molar-refractivity contribution in [1.82, 2.24) is 0 Å². The highest BCUT2D eigenvalue weighted by Gasteiger charge is 2.52. The van der Waals surface area contributed by atoms with Crippen LogP contribution in [0.3, 0.4) is 0 Å². The van der Waals surface area contributed by atoms with Crippen LogP contribution in [0.25, 0.3) is 10.8 Å². The molecule has 2 aromatic carbocycles. The molecule has 1 aliphatic heterocycles. The van der Waals surface area contributed by atoms with Gasteiger partial charge in [-0.3, -0.25) is 9.59 Å². The van der Waals surface area contributed by atoms with Crippen molar-refractivity contribution in [3.8, 4) is 17.2 Å². The average molecular weight is 342 g/mol. The number of benzene rings is 2. The lowest BCUT2D eigenvalue weighted by molar-refractivity contribution is -0.134. The standard InChI is InChI=1S/C20H22O5/c1-11(21)23-17-14-10-8-7-9-13(14)16-15(18(17)24-12(2)22)19(3,4)20(5,6)25-16/h7-10H,1-6H3. The van der Waals surface area contributed by atoms with Gasteiger partial charge in [-0.2, -0.15) is 0 Å². The molecule has 0 bridgehead atoms. The maximum absolute atomic E-state index is 11.8. The van der Waals surface area contributed by atoms with E-state index < -0.39 is 23.0 Å². The Morgan fingerprint density at radius 2 is 1.40 bits per heavy atom. The molecule has 0 saturated carbocycles. The van der Waals surface area contributed by atoms with Crippen molar-refractivity contribution in [3.05, 3.63) is 29.8 Å². The maximum Gasteiger partial charge on any atom is 0.308 e. The van der Waals surface area contributed by atoms with Crippen LogP contribution >= 0.6 is 0 Å². The Hall–Kier alpha value is -2.56. The van der Waals surface area contributed by atoms with E-state index >= 15 is 0 Å². The fourth-order valence-electron chi connectivity index (χ4n) is 3.20. The van der Waals surface area contributed by atoms with Crippen molar-refractivity contribution < 1.29 is 23.8 Å². The lowest BCUT2D eigenvalue weighted by Crippen LogP contribution is -2.42. The second kappa shape index (κ2) is 5.48. The van der Waals surface area contributed by atoms with Gasteiger partial charge in [0.25, 0.3) is 0 Å². The molecule has 3 rings (SSSR count). The van der Waals surface area contributed by atoms with Gasteiger partial charge in [-0.05, 0) is 13.8 Å². The van der Waals surface area contributed by atoms with E-state index in [2.05, 4.69) is 0 Å². The van der Waals surface area contributed by atoms with E-state index in [1.807, 2.05) is 52.0 Å². The van der Waals surface area contributed by atoms with E-state index in [-0.39, 0.29) is 11.5 Å². The molecule has 2 aromatic rings. The molecule has 0 fully saturated rings. The molecule has 132 valence electrons. The van der Waals surface area contributed by atoms with Crippen LogP contribution in [0.15, 0.2) is 24.3 Å². The van der Waals surface area contributed by atoms with Gasteiger partial charge >= 0.3 is 11.9 Å². The predicted molar refractivity (Wildman–Crippen MR) is 94.3 cm³/mol. The third kappa shape index (κ3) is 2.54. The zero-order valence-electron chi connectivity index (χ0n) is 15.4. The average Bonchev–Trinajstić information content (AvgIpc) is 2.68. The number of hydrogen-bond donors (Lipinski definition) is 0. The minimum atomic E-state index is -0.526. The predicted octanol–water partition coefficient (Wildman–Crippen LogP) is 4.14. The highest BCUT2D eigenvalue weighted by Crippen LogP contribution is 2.59. The monoisotopic (exact) mass is 342 g/mol. The Kier molecular flexibility index (Phi) is 3.78. The van der Waals surface area contributed by atoms with Gasteiger partial charge in [0.15, 0.2) is 11.5 Å². The number of carbonyl (C=O) groups is 2. The van der Waals surface area contributed by atoms with Crippen LogP contribution in [0.2, 0.25) is 0 Å². The molecule has 0 aliphatic carbocycles. The van der Waals surface area contributed by atoms with Gasteiger partial charge in [0.2, 0.25) is 0 Å². The summed E-state index contributed by atoms with van der Waals surface area (Å²) in [6, 6.07) is 7.47. The van der Waals surface area contributed by atoms with Crippen LogP contribution in [0.1, 0.15) is 47.1 Å². The van der Waals surface area contributed by atoms with Crippen molar-refractivity contribution in [2.24, 2.45) is 0 Å². The topological polar surface area (TPSA) is 61.8 Å². The van der Waals surface area contributed by atoms with E-state index in [0.717, 1.165) is 10.9 Å². The molecule has 5 nitrogen and oxygen atoms in total. The van der Waals surface area contributed by atoms with Crippen molar-refractivity contribution in [2.75, 3.05) is 0 Å². The molecule has 25 heavy (non-hydrogen) atoms. The Labute approximate surface area is 146 Å². The van der Waals surface area contributed by atoms with Crippen LogP contribution in [-0.2, 0) is 15.0 Å². The summed E-state index contributed by atoms with van der Waals surface area (Å²) in [5, 5.41) is 1.49. The SMILES string of the molecule is CC(=O)Oc1c2c(c3ccccc3c1OC(C)=O)OC(C)(C)C2(C)C. The quantitative estimate of drug-likeness (QED) is 0.606. The molecule has 1 heterocycles. The molecule has 0 N–H and O–H groups in total. The first kappa shape index (κ1) is 17.3. The Balaban J connectivity index is 2.47. The van der Waals surface area contributed by atoms with Crippen LogP contribution < -0.4 is 14.2 Å². The van der Waals surface area contributed by atoms with E-state index in [9.17, 15) is 9.59 Å². The Morgan fingerprint density at radius 1 is 0.880 bits per heavy atom. The first-order valence-corrected chi connectivity index (χ1v) is 8.21. The highest BCUT2D eigenvalue weighted by atomic mass is 16.6. The third-order valence-corrected chi connectivity index (χ3v) is 5.06. The van der Waals surface area contributed by atoms with Gasteiger partial charge in [-0.25, -0.2) is 0 Å². The second-order valence-electron chi connectivity index (χ2n) is 7.33. The van der Waals surface area contributed by atoms with Gasteiger partial charge in [0.05, 0.1) is 5.56 Å². The summed E-state index contributed by atoms with van der Waals surface area (Å²) in [6.07, 6.45) is 0. The largest absolute Gasteiger partial charge is 0.486 e. The van der Waals surface area contributed by atoms with Crippen molar-refractivity contribution in [2.45, 2.75) is 52.6 Å². The molecule has 0 radical (unpaired) electrons. The van der Waals surface area contributed by atoms with Crippen LogP contribution in [-0.4, -0.2) is 17.5 Å². The number of fused-ring (bicyclic) bond motifs is 3. The van der Waals surface area contributed by atoms with E-state index in [1.165, 1.54) is 13.8 Å². The van der Waals surface area contributed by atoms with Gasteiger partial charge in [0.1, 0.15) is 11.4 Å². The molecule has 1 aliphatic rings. The number of rotatable bonds is 2. The smallest absolute Gasteiger partial charge is 0.308 e. The van der Waals surface area contributed by atoms with Crippen molar-refractivity contribution >= 4 is 22.7 Å². The van der Waals surface area contributed by atoms with Gasteiger partial charge < -0.3 is 14.2 Å². The lowest BCUT2D eigenvalue weighted by atomic mass is 9.73. The number of ether oxygens (including phenoxy) is 3. The minimum absolute atomic E-state index is 0.256. The molecule has 0 amide bonds. The first-order chi connectivity index (χ1) is 11.6. The van der Waals surface area contributed by atoms with Crippen LogP contribution in [0.4, 0.5) is 0 Å². The highest BCUT2D eigenvalue weighted by molar-refractivity contribution is 6.00. The summed E-state index contributed by atoms with van der Waals surface area (Å²) in [5.74, 6) is 0.219. The number of carbonyl (C=O) groups excluding carboxylic acids is 2. The Morgan fingerprint density at radius 3 is 1.96 bits per heavy atom. The maximum atomic E-state index is 11.8. The molecule has 5 heteroatoms. The lowest BCUT2D eigenvalue weighted by Gasteiger charge is -2.33. The number of esters is 2. The molecular weight excluding hydrogens is 320 g/mol. The molecular formula is C20H22O5. The summed E-state index contributed by atoms with van der Waals surface area (Å²) in [6.45, 7) is 10.7. The Bertz CT molecular complexity index is 893. The van der Waals surface area contributed by atoms with Gasteiger partial charge in [-0.15, -0.1) is 0 Å². The fourth-order valence-corrected chi connectivity index (χ4v) is 3.20. The van der Waals surface area contributed by atoms with Crippen molar-refractivity contribution in [1.29, 1.82) is 0 Å². The minimum Gasteiger partial charge on any atom is -0.486 e. The second-order valence-corrected chi connectivity index (χ2v) is 7.33. The van der Waals surface area contributed by atoms with Gasteiger partial charge in [0, 0.05) is 30.0 Å². The summed E-state index contributed by atoms with van der Waals surface area (Å²) >= 11 is 0. The summed E-state index contributed by atoms with van der Waals surface area (Å²) < 4.78 is 17.3. The normalized spacial score (nSPS) is 16.9. The van der Waals surface area contributed by atoms with Gasteiger partial charge in [-0.1, -0.05) is 38.1 Å². The van der Waals surface area contributed by atoms with E-state index in [1.54, 1.807) is 0 Å². The number of hydrogen-bond acceptors (Lipinski definition) is 5. The van der Waals surface area contributed by atoms with Crippen LogP contribution in [0.5, 0.6) is 17.2 Å². The summed E-state index contributed by atoms with van der Waals surface area (Å²) in [7, 11) is 0. The zero-order valence-corrected chi connectivity index (χ0v) is 15.4. The zero-order chi connectivity index (χ0) is 18.6. The summed E-state index contributed by atoms with van der Waals surface area (Å²) in [4.78, 5) is 23.4. The van der Waals surface area contributed by atoms with E-state index in [4.69, 9.17) is 14.2 Å². The third-order valence-electron chi connectivity index (χ3n) is 5.06. The van der Waals surface area contributed by atoms with Crippen molar-refractivity contribution in [3.63, 3.8) is 0 Å². The molecule has 0 atom stereocenters. The molecule has 0 spiro atoms. The molecule has 0 saturated heterocycles. The van der Waals surface area contributed by atoms with Crippen LogP contribution in [0, 0.1) is 0 Å². The molecule has 0 aromatic heterocycles. The first-order valence-electron chi connectivity index (χ1n) is 8.21. The van der Waals surface area contributed by atoms with E-state index in [0.29, 0.717) is 11.1 Å².